The van der Waals surface area contributed by atoms with E-state index in [-0.39, 0.29) is 10.8 Å². The lowest BCUT2D eigenvalue weighted by Crippen LogP contribution is -2.20. The Labute approximate surface area is 67.6 Å². The molecule has 11 heavy (non-hydrogen) atoms. The maximum Gasteiger partial charge on any atom is 0.328 e. The summed E-state index contributed by atoms with van der Waals surface area (Å²) in [7, 11) is 0. The van der Waals surface area contributed by atoms with Gasteiger partial charge in [-0.3, -0.25) is 4.79 Å². The highest BCUT2D eigenvalue weighted by molar-refractivity contribution is 6.31. The molecule has 3 N–H and O–H groups in total. The van der Waals surface area contributed by atoms with E-state index in [1.165, 1.54) is 12.3 Å². The summed E-state index contributed by atoms with van der Waals surface area (Å²) >= 11 is 5.54. The first-order valence-electron chi connectivity index (χ1n) is 2.84. The van der Waals surface area contributed by atoms with Crippen molar-refractivity contribution < 1.29 is 14.3 Å². The van der Waals surface area contributed by atoms with Crippen LogP contribution in [0.25, 0.3) is 0 Å². The van der Waals surface area contributed by atoms with Crippen LogP contribution in [0.5, 0.6) is 0 Å². The van der Waals surface area contributed by atoms with Crippen LogP contribution in [-0.4, -0.2) is 11.1 Å². The number of rotatable bonds is 2. The van der Waals surface area contributed by atoms with Crippen molar-refractivity contribution in [2.24, 2.45) is 5.73 Å². The molecule has 4 nitrogen and oxygen atoms in total. The zero-order valence-electron chi connectivity index (χ0n) is 5.45. The summed E-state index contributed by atoms with van der Waals surface area (Å²) in [6.07, 6.45) is 1.29. The van der Waals surface area contributed by atoms with E-state index >= 15 is 0 Å². The third-order valence-electron chi connectivity index (χ3n) is 1.19. The molecule has 0 saturated carbocycles. The lowest BCUT2D eigenvalue weighted by atomic mass is 10.2. The van der Waals surface area contributed by atoms with E-state index in [2.05, 4.69) is 0 Å². The number of aliphatic carboxylic acids is 1. The molecule has 0 radical (unpaired) electrons. The van der Waals surface area contributed by atoms with E-state index in [1.807, 2.05) is 0 Å². The van der Waals surface area contributed by atoms with Gasteiger partial charge in [-0.25, -0.2) is 0 Å². The lowest BCUT2D eigenvalue weighted by Gasteiger charge is -2.01. The Morgan fingerprint density at radius 2 is 2.45 bits per heavy atom. The Morgan fingerprint density at radius 1 is 1.82 bits per heavy atom. The van der Waals surface area contributed by atoms with Crippen LogP contribution in [0.1, 0.15) is 11.8 Å². The minimum Gasteiger partial charge on any atom is -0.480 e. The minimum atomic E-state index is -1.18. The van der Waals surface area contributed by atoms with Gasteiger partial charge in [0.1, 0.15) is 5.76 Å². The molecule has 0 amide bonds. The maximum absolute atomic E-state index is 10.3. The van der Waals surface area contributed by atoms with Crippen molar-refractivity contribution in [3.63, 3.8) is 0 Å². The van der Waals surface area contributed by atoms with Gasteiger partial charge < -0.3 is 15.3 Å². The van der Waals surface area contributed by atoms with E-state index in [0.717, 1.165) is 0 Å². The fraction of sp³-hybridized carbons (Fsp3) is 0.167. The molecule has 0 bridgehead atoms. The van der Waals surface area contributed by atoms with Crippen LogP contribution in [0, 0.1) is 0 Å². The van der Waals surface area contributed by atoms with E-state index in [4.69, 9.17) is 26.9 Å². The summed E-state index contributed by atoms with van der Waals surface area (Å²) in [6.45, 7) is 0. The first kappa shape index (κ1) is 8.10. The van der Waals surface area contributed by atoms with Gasteiger partial charge in [-0.05, 0) is 6.07 Å². The number of halogens is 1. The molecule has 0 aliphatic rings. The Balaban J connectivity index is 2.92. The van der Waals surface area contributed by atoms with Crippen molar-refractivity contribution >= 4 is 17.6 Å². The Kier molecular flexibility index (Phi) is 2.16. The van der Waals surface area contributed by atoms with Crippen LogP contribution >= 0.6 is 11.6 Å². The van der Waals surface area contributed by atoms with Crippen molar-refractivity contribution in [3.8, 4) is 0 Å². The maximum atomic E-state index is 10.3. The number of hydrogen-bond donors (Lipinski definition) is 2. The SMILES string of the molecule is NC(C(=O)O)c1occc1Cl. The molecule has 5 heteroatoms. The molecule has 1 aromatic rings. The van der Waals surface area contributed by atoms with Gasteiger partial charge in [0.2, 0.25) is 0 Å². The van der Waals surface area contributed by atoms with Crippen molar-refractivity contribution in [2.75, 3.05) is 0 Å². The zero-order chi connectivity index (χ0) is 8.43. The molecule has 0 spiro atoms. The normalized spacial score (nSPS) is 12.9. The Bertz CT molecular complexity index is 271. The van der Waals surface area contributed by atoms with Gasteiger partial charge in [0.25, 0.3) is 0 Å². The highest BCUT2D eigenvalue weighted by Crippen LogP contribution is 2.22. The molecule has 0 aliphatic heterocycles. The van der Waals surface area contributed by atoms with Gasteiger partial charge in [0, 0.05) is 0 Å². The van der Waals surface area contributed by atoms with Gasteiger partial charge in [-0.1, -0.05) is 11.6 Å². The van der Waals surface area contributed by atoms with E-state index in [9.17, 15) is 4.79 Å². The minimum absolute atomic E-state index is 0.0826. The highest BCUT2D eigenvalue weighted by atomic mass is 35.5. The number of carboxylic acids is 1. The van der Waals surface area contributed by atoms with Crippen LogP contribution in [-0.2, 0) is 4.79 Å². The first-order valence-corrected chi connectivity index (χ1v) is 3.22. The third-order valence-corrected chi connectivity index (χ3v) is 1.51. The number of hydrogen-bond acceptors (Lipinski definition) is 3. The quantitative estimate of drug-likeness (QED) is 0.704. The van der Waals surface area contributed by atoms with Crippen LogP contribution in [0.4, 0.5) is 0 Å². The Morgan fingerprint density at radius 3 is 2.82 bits per heavy atom. The average molecular weight is 176 g/mol. The molecular weight excluding hydrogens is 170 g/mol. The Hall–Kier alpha value is -1.00. The van der Waals surface area contributed by atoms with Gasteiger partial charge in [-0.15, -0.1) is 0 Å². The first-order chi connectivity index (χ1) is 5.13. The summed E-state index contributed by atoms with van der Waals surface area (Å²) in [5.74, 6) is -1.08. The number of nitrogens with two attached hydrogens (primary N) is 1. The molecule has 1 unspecified atom stereocenters. The van der Waals surface area contributed by atoms with E-state index < -0.39 is 12.0 Å². The number of carbonyl (C=O) groups is 1. The van der Waals surface area contributed by atoms with Crippen molar-refractivity contribution in [3.05, 3.63) is 23.1 Å². The average Bonchev–Trinajstić information content (AvgIpc) is 2.33. The summed E-state index contributed by atoms with van der Waals surface area (Å²) in [5.41, 5.74) is 5.21. The molecule has 60 valence electrons. The zero-order valence-corrected chi connectivity index (χ0v) is 6.21. The summed E-state index contributed by atoms with van der Waals surface area (Å²) < 4.78 is 4.75. The molecule has 1 heterocycles. The standard InChI is InChI=1S/C6H6ClNO3/c7-3-1-2-11-5(3)4(8)6(9)10/h1-2,4H,8H2,(H,9,10). The smallest absolute Gasteiger partial charge is 0.328 e. The van der Waals surface area contributed by atoms with Crippen molar-refractivity contribution in [1.82, 2.24) is 0 Å². The van der Waals surface area contributed by atoms with Gasteiger partial charge in [0.15, 0.2) is 6.04 Å². The van der Waals surface area contributed by atoms with Gasteiger partial charge in [-0.2, -0.15) is 0 Å². The van der Waals surface area contributed by atoms with Crippen LogP contribution in [0.3, 0.4) is 0 Å². The van der Waals surface area contributed by atoms with Crippen LogP contribution in [0.15, 0.2) is 16.7 Å². The molecular formula is C6H6ClNO3. The molecule has 1 aromatic heterocycles. The number of furan rings is 1. The van der Waals surface area contributed by atoms with Crippen molar-refractivity contribution in [1.29, 1.82) is 0 Å². The molecule has 0 saturated heterocycles. The molecule has 1 rings (SSSR count). The van der Waals surface area contributed by atoms with Crippen molar-refractivity contribution in [2.45, 2.75) is 6.04 Å². The predicted octanol–water partition coefficient (Wildman–Crippen LogP) is 1.02. The second kappa shape index (κ2) is 2.94. The molecule has 0 aromatic carbocycles. The third kappa shape index (κ3) is 1.53. The summed E-state index contributed by atoms with van der Waals surface area (Å²) in [5, 5.41) is 8.67. The van der Waals surface area contributed by atoms with Gasteiger partial charge >= 0.3 is 5.97 Å². The van der Waals surface area contributed by atoms with Crippen LogP contribution in [0.2, 0.25) is 5.02 Å². The van der Waals surface area contributed by atoms with E-state index in [1.54, 1.807) is 0 Å². The van der Waals surface area contributed by atoms with E-state index in [0.29, 0.717) is 0 Å². The molecule has 1 atom stereocenters. The summed E-state index contributed by atoms with van der Waals surface area (Å²) in [6, 6.07) is 0.261. The largest absolute Gasteiger partial charge is 0.480 e. The highest BCUT2D eigenvalue weighted by Gasteiger charge is 2.20. The molecule has 0 aliphatic carbocycles. The lowest BCUT2D eigenvalue weighted by molar-refractivity contribution is -0.139. The molecule has 0 fully saturated rings. The predicted molar refractivity (Wildman–Crippen MR) is 38.3 cm³/mol. The second-order valence-corrected chi connectivity index (χ2v) is 2.36. The van der Waals surface area contributed by atoms with Crippen LogP contribution < -0.4 is 5.73 Å². The fourth-order valence-corrected chi connectivity index (χ4v) is 0.853. The monoisotopic (exact) mass is 175 g/mol. The summed E-state index contributed by atoms with van der Waals surface area (Å²) in [4.78, 5) is 10.3. The number of carboxylic acid groups (broad SMARTS) is 1. The fourth-order valence-electron chi connectivity index (χ4n) is 0.639. The van der Waals surface area contributed by atoms with Gasteiger partial charge in [0.05, 0.1) is 11.3 Å². The topological polar surface area (TPSA) is 76.5 Å². The second-order valence-electron chi connectivity index (χ2n) is 1.95.